The average Bonchev–Trinajstić information content (AvgIpc) is 2.48. The van der Waals surface area contributed by atoms with E-state index in [9.17, 15) is 9.59 Å². The molecule has 0 aliphatic heterocycles. The molecule has 0 aromatic heterocycles. The number of nitrogens with zero attached hydrogens (tertiary/aromatic N) is 1. The minimum atomic E-state index is -0.392. The van der Waals surface area contributed by atoms with E-state index >= 15 is 0 Å². The molecule has 5 heteroatoms. The molecule has 0 saturated heterocycles. The van der Waals surface area contributed by atoms with Crippen LogP contribution in [-0.2, 0) is 30.4 Å². The van der Waals surface area contributed by atoms with Gasteiger partial charge >= 0.3 is 0 Å². The Morgan fingerprint density at radius 2 is 1.76 bits per heavy atom. The van der Waals surface area contributed by atoms with Gasteiger partial charge in [0.1, 0.15) is 12.1 Å². The lowest BCUT2D eigenvalue weighted by Gasteiger charge is -2.30. The Morgan fingerprint density at radius 1 is 1.24 bits per heavy atom. The van der Waals surface area contributed by atoms with E-state index in [-0.39, 0.29) is 17.2 Å². The van der Waals surface area contributed by atoms with Crippen LogP contribution >= 0.6 is 0 Å². The Labute approximate surface area is 137 Å². The van der Waals surface area contributed by atoms with Gasteiger partial charge in [0.2, 0.25) is 0 Å². The van der Waals surface area contributed by atoms with Crippen molar-refractivity contribution in [3.63, 3.8) is 0 Å². The number of aldehydes is 1. The Kier molecular flexibility index (Phi) is 10.5. The van der Waals surface area contributed by atoms with Gasteiger partial charge < -0.3 is 4.79 Å². The van der Waals surface area contributed by atoms with Crippen LogP contribution in [0.4, 0.5) is 0 Å². The maximum Gasteiger partial charge on any atom is 0.138 e. The maximum atomic E-state index is 12.2. The van der Waals surface area contributed by atoms with Gasteiger partial charge in [-0.25, -0.2) is 4.31 Å². The van der Waals surface area contributed by atoms with Gasteiger partial charge in [0, 0.05) is 25.6 Å². The summed E-state index contributed by atoms with van der Waals surface area (Å²) in [6, 6.07) is -0.354. The quantitative estimate of drug-likeness (QED) is 0.513. The maximum absolute atomic E-state index is 12.2. The van der Waals surface area contributed by atoms with Gasteiger partial charge in [-0.15, -0.1) is 0 Å². The topological polar surface area (TPSA) is 37.4 Å². The lowest BCUT2D eigenvalue weighted by Crippen LogP contribution is -2.38. The molecule has 21 heavy (non-hydrogen) atoms. The van der Waals surface area contributed by atoms with E-state index < -0.39 is 9.64 Å². The number of Topliss-reactive ketones (excluding diaryl/α,β-unsaturated/α-hetero) is 1. The summed E-state index contributed by atoms with van der Waals surface area (Å²) in [6.45, 7) is 9.29. The molecule has 3 nitrogen and oxygen atoms in total. The van der Waals surface area contributed by atoms with E-state index in [1.807, 2.05) is 17.5 Å². The molecule has 2 atom stereocenters. The monoisotopic (exact) mass is 333 g/mol. The van der Waals surface area contributed by atoms with E-state index in [0.29, 0.717) is 19.4 Å². The number of hydrogen-bond acceptors (Lipinski definition) is 3. The second-order valence-corrected chi connectivity index (χ2v) is 8.43. The standard InChI is InChI=1S/C16H31NO2S2/c1-6-16(7-2,8-3)11-10-15(19)12-14(13-18)17(9-4)21(5)20/h13-14H,6-12H2,1-5H3. The summed E-state index contributed by atoms with van der Waals surface area (Å²) in [5, 5.41) is 0. The predicted octanol–water partition coefficient (Wildman–Crippen LogP) is 3.46. The zero-order valence-electron chi connectivity index (χ0n) is 14.2. The molecule has 0 N–H and O–H groups in total. The predicted molar refractivity (Wildman–Crippen MR) is 95.1 cm³/mol. The van der Waals surface area contributed by atoms with Crippen LogP contribution in [0, 0.1) is 5.41 Å². The van der Waals surface area contributed by atoms with Crippen LogP contribution in [0.15, 0.2) is 0 Å². The number of hydrogen-bond donors (Lipinski definition) is 0. The molecule has 0 bridgehead atoms. The van der Waals surface area contributed by atoms with E-state index in [4.69, 9.17) is 11.2 Å². The molecule has 0 rings (SSSR count). The van der Waals surface area contributed by atoms with Crippen molar-refractivity contribution in [2.45, 2.75) is 72.3 Å². The van der Waals surface area contributed by atoms with Crippen molar-refractivity contribution < 1.29 is 9.59 Å². The highest BCUT2D eigenvalue weighted by Gasteiger charge is 2.26. The van der Waals surface area contributed by atoms with Crippen molar-refractivity contribution >= 4 is 32.9 Å². The van der Waals surface area contributed by atoms with Crippen LogP contribution in [0.1, 0.15) is 66.2 Å². The molecule has 0 saturated carbocycles. The first-order valence-corrected chi connectivity index (χ1v) is 10.5. The third-order valence-electron chi connectivity index (χ3n) is 4.79. The third kappa shape index (κ3) is 6.66. The van der Waals surface area contributed by atoms with Gasteiger partial charge in [-0.1, -0.05) is 56.6 Å². The first-order valence-electron chi connectivity index (χ1n) is 7.96. The molecular weight excluding hydrogens is 302 g/mol. The molecule has 0 amide bonds. The summed E-state index contributed by atoms with van der Waals surface area (Å²) < 4.78 is 1.94. The number of carbonyl (C=O) groups excluding carboxylic acids is 2. The lowest BCUT2D eigenvalue weighted by atomic mass is 9.75. The van der Waals surface area contributed by atoms with Crippen LogP contribution in [-0.4, -0.2) is 35.2 Å². The first-order chi connectivity index (χ1) is 9.89. The van der Waals surface area contributed by atoms with E-state index in [1.54, 1.807) is 0 Å². The number of ketones is 1. The zero-order valence-corrected chi connectivity index (χ0v) is 15.8. The van der Waals surface area contributed by atoms with E-state index in [1.165, 1.54) is 0 Å². The highest BCUT2D eigenvalue weighted by Crippen LogP contribution is 2.35. The Morgan fingerprint density at radius 3 is 2.10 bits per heavy atom. The van der Waals surface area contributed by atoms with Gasteiger partial charge in [-0.05, 0) is 23.0 Å². The highest BCUT2D eigenvalue weighted by molar-refractivity contribution is 8.27. The van der Waals surface area contributed by atoms with Crippen molar-refractivity contribution in [3.05, 3.63) is 0 Å². The molecule has 0 heterocycles. The summed E-state index contributed by atoms with van der Waals surface area (Å²) in [6.07, 6.45) is 7.92. The minimum Gasteiger partial charge on any atom is -0.302 e. The van der Waals surface area contributed by atoms with E-state index in [0.717, 1.165) is 32.0 Å². The summed E-state index contributed by atoms with van der Waals surface area (Å²) >= 11 is 5.26. The number of carbonyl (C=O) groups is 2. The molecule has 0 aliphatic carbocycles. The first kappa shape index (κ1) is 20.9. The van der Waals surface area contributed by atoms with Gasteiger partial charge in [-0.3, -0.25) is 4.79 Å². The molecule has 0 spiro atoms. The van der Waals surface area contributed by atoms with Crippen LogP contribution < -0.4 is 0 Å². The second-order valence-electron chi connectivity index (χ2n) is 5.66. The van der Waals surface area contributed by atoms with Gasteiger partial charge in [0.05, 0.1) is 6.04 Å². The highest BCUT2D eigenvalue weighted by atomic mass is 32.8. The fourth-order valence-corrected chi connectivity index (χ4v) is 4.36. The smallest absolute Gasteiger partial charge is 0.138 e. The molecule has 0 aromatic rings. The van der Waals surface area contributed by atoms with E-state index in [2.05, 4.69) is 20.8 Å². The van der Waals surface area contributed by atoms with Crippen molar-refractivity contribution in [3.8, 4) is 0 Å². The molecule has 124 valence electrons. The minimum absolute atomic E-state index is 0.186. The van der Waals surface area contributed by atoms with Crippen LogP contribution in [0.2, 0.25) is 0 Å². The van der Waals surface area contributed by atoms with Crippen molar-refractivity contribution in [1.82, 2.24) is 4.31 Å². The molecule has 0 radical (unpaired) electrons. The zero-order chi connectivity index (χ0) is 16.5. The summed E-state index contributed by atoms with van der Waals surface area (Å²) in [7, 11) is -0.392. The average molecular weight is 334 g/mol. The van der Waals surface area contributed by atoms with Gasteiger partial charge in [0.25, 0.3) is 0 Å². The van der Waals surface area contributed by atoms with Crippen molar-refractivity contribution in [2.24, 2.45) is 5.41 Å². The Hall–Kier alpha value is -0.130. The summed E-state index contributed by atoms with van der Waals surface area (Å²) in [5.74, 6) is 0.186. The van der Waals surface area contributed by atoms with Crippen molar-refractivity contribution in [1.29, 1.82) is 0 Å². The molecule has 2 unspecified atom stereocenters. The SMILES string of the molecule is CCN(C(C=O)CC(=O)CCC(CC)(CC)CC)S(C)=S. The van der Waals surface area contributed by atoms with Crippen molar-refractivity contribution in [2.75, 3.05) is 12.8 Å². The number of likely N-dealkylation sites (N-methyl/N-ethyl adjacent to an activating group) is 1. The Bertz CT molecular complexity index is 346. The van der Waals surface area contributed by atoms with Crippen LogP contribution in [0.3, 0.4) is 0 Å². The lowest BCUT2D eigenvalue weighted by molar-refractivity contribution is -0.123. The van der Waals surface area contributed by atoms with Crippen LogP contribution in [0.25, 0.3) is 0 Å². The molecule has 0 aromatic carbocycles. The number of rotatable bonds is 12. The summed E-state index contributed by atoms with van der Waals surface area (Å²) in [4.78, 5) is 23.5. The third-order valence-corrected chi connectivity index (χ3v) is 6.55. The molecule has 0 fully saturated rings. The second kappa shape index (κ2) is 10.6. The fourth-order valence-electron chi connectivity index (χ4n) is 2.85. The van der Waals surface area contributed by atoms with Gasteiger partial charge in [-0.2, -0.15) is 0 Å². The fraction of sp³-hybridized carbons (Fsp3) is 0.875. The van der Waals surface area contributed by atoms with Crippen LogP contribution in [0.5, 0.6) is 0 Å². The van der Waals surface area contributed by atoms with Gasteiger partial charge in [0.15, 0.2) is 0 Å². The largest absolute Gasteiger partial charge is 0.302 e. The Balaban J connectivity index is 4.60. The summed E-state index contributed by atoms with van der Waals surface area (Å²) in [5.41, 5.74) is 0.282. The normalized spacial score (nSPS) is 15.0. The molecular formula is C16H31NO2S2. The molecule has 0 aliphatic rings.